The summed E-state index contributed by atoms with van der Waals surface area (Å²) in [5.74, 6) is -0.102. The first-order chi connectivity index (χ1) is 11.7. The third kappa shape index (κ3) is 3.31. The molecule has 0 aromatic heterocycles. The SMILES string of the molecule is CO/N=C1/C[C@@H](CO)N(C(=O)c2ccc(-c3ccccc3)cc2)C1. The van der Waals surface area contributed by atoms with Crippen molar-refractivity contribution < 1.29 is 14.7 Å². The highest BCUT2D eigenvalue weighted by molar-refractivity contribution is 6.00. The summed E-state index contributed by atoms with van der Waals surface area (Å²) in [4.78, 5) is 19.2. The lowest BCUT2D eigenvalue weighted by molar-refractivity contribution is 0.0680. The number of aliphatic hydroxyl groups is 1. The normalized spacial score (nSPS) is 18.8. The Labute approximate surface area is 141 Å². The van der Waals surface area contributed by atoms with E-state index in [9.17, 15) is 9.90 Å². The molecule has 0 bridgehead atoms. The fraction of sp³-hybridized carbons (Fsp3) is 0.263. The van der Waals surface area contributed by atoms with Gasteiger partial charge in [-0.15, -0.1) is 0 Å². The average Bonchev–Trinajstić information content (AvgIpc) is 3.05. The van der Waals surface area contributed by atoms with Crippen LogP contribution in [0.1, 0.15) is 16.8 Å². The number of carbonyl (C=O) groups excluding carboxylic acids is 1. The van der Waals surface area contributed by atoms with E-state index < -0.39 is 0 Å². The molecule has 1 heterocycles. The van der Waals surface area contributed by atoms with Crippen LogP contribution in [-0.4, -0.2) is 47.9 Å². The molecule has 1 aliphatic heterocycles. The van der Waals surface area contributed by atoms with E-state index in [4.69, 9.17) is 4.84 Å². The Balaban J connectivity index is 1.79. The number of oxime groups is 1. The molecular weight excluding hydrogens is 304 g/mol. The minimum Gasteiger partial charge on any atom is -0.399 e. The summed E-state index contributed by atoms with van der Waals surface area (Å²) < 4.78 is 0. The number of aliphatic hydroxyl groups excluding tert-OH is 1. The first kappa shape index (κ1) is 16.2. The molecule has 5 heteroatoms. The molecule has 2 aromatic rings. The lowest BCUT2D eigenvalue weighted by atomic mass is 10.0. The lowest BCUT2D eigenvalue weighted by Crippen LogP contribution is -2.37. The van der Waals surface area contributed by atoms with Crippen LogP contribution in [-0.2, 0) is 4.84 Å². The maximum Gasteiger partial charge on any atom is 0.254 e. The highest BCUT2D eigenvalue weighted by Crippen LogP contribution is 2.22. The molecule has 0 unspecified atom stereocenters. The Morgan fingerprint density at radius 3 is 2.46 bits per heavy atom. The van der Waals surface area contributed by atoms with E-state index in [1.54, 1.807) is 4.90 Å². The quantitative estimate of drug-likeness (QED) is 0.879. The molecule has 0 spiro atoms. The van der Waals surface area contributed by atoms with Gasteiger partial charge in [-0.1, -0.05) is 47.6 Å². The highest BCUT2D eigenvalue weighted by atomic mass is 16.6. The van der Waals surface area contributed by atoms with Crippen LogP contribution in [0.4, 0.5) is 0 Å². The summed E-state index contributed by atoms with van der Waals surface area (Å²) in [6, 6.07) is 17.3. The van der Waals surface area contributed by atoms with Gasteiger partial charge in [0, 0.05) is 12.0 Å². The molecule has 5 nitrogen and oxygen atoms in total. The third-order valence-electron chi connectivity index (χ3n) is 4.20. The first-order valence-electron chi connectivity index (χ1n) is 7.89. The van der Waals surface area contributed by atoms with Crippen molar-refractivity contribution in [2.45, 2.75) is 12.5 Å². The molecule has 2 aromatic carbocycles. The fourth-order valence-corrected chi connectivity index (χ4v) is 2.97. The van der Waals surface area contributed by atoms with E-state index in [-0.39, 0.29) is 18.6 Å². The number of hydrogen-bond acceptors (Lipinski definition) is 4. The van der Waals surface area contributed by atoms with Crippen LogP contribution in [0.3, 0.4) is 0 Å². The number of amides is 1. The number of nitrogens with zero attached hydrogens (tertiary/aromatic N) is 2. The Morgan fingerprint density at radius 2 is 1.83 bits per heavy atom. The standard InChI is InChI=1S/C19H20N2O3/c1-24-20-17-11-18(13-22)21(12-17)19(23)16-9-7-15(8-10-16)14-5-3-2-4-6-14/h2-10,18,22H,11-13H2,1H3/b20-17-/t18-/m0/s1. The van der Waals surface area contributed by atoms with Gasteiger partial charge in [0.05, 0.1) is 24.9 Å². The summed E-state index contributed by atoms with van der Waals surface area (Å²) in [6.45, 7) is 0.301. The molecule has 0 saturated carbocycles. The van der Waals surface area contributed by atoms with E-state index in [0.29, 0.717) is 18.5 Å². The zero-order chi connectivity index (χ0) is 16.9. The molecule has 1 fully saturated rings. The van der Waals surface area contributed by atoms with Crippen LogP contribution < -0.4 is 0 Å². The Kier molecular flexibility index (Phi) is 4.91. The van der Waals surface area contributed by atoms with Crippen molar-refractivity contribution in [3.05, 3.63) is 60.2 Å². The second kappa shape index (κ2) is 7.27. The fourth-order valence-electron chi connectivity index (χ4n) is 2.97. The van der Waals surface area contributed by atoms with Crippen LogP contribution in [0.15, 0.2) is 59.8 Å². The van der Waals surface area contributed by atoms with Crippen molar-refractivity contribution in [1.29, 1.82) is 0 Å². The second-order valence-corrected chi connectivity index (χ2v) is 5.76. The van der Waals surface area contributed by atoms with Gasteiger partial charge in [0.2, 0.25) is 0 Å². The van der Waals surface area contributed by atoms with E-state index >= 15 is 0 Å². The topological polar surface area (TPSA) is 62.1 Å². The first-order valence-corrected chi connectivity index (χ1v) is 7.89. The van der Waals surface area contributed by atoms with Gasteiger partial charge in [0.15, 0.2) is 0 Å². The van der Waals surface area contributed by atoms with Gasteiger partial charge in [0.1, 0.15) is 7.11 Å². The lowest BCUT2D eigenvalue weighted by Gasteiger charge is -2.22. The summed E-state index contributed by atoms with van der Waals surface area (Å²) in [5, 5.41) is 13.4. The number of hydrogen-bond donors (Lipinski definition) is 1. The summed E-state index contributed by atoms with van der Waals surface area (Å²) in [5.41, 5.74) is 3.55. The number of rotatable bonds is 4. The minimum absolute atomic E-state index is 0.0867. The van der Waals surface area contributed by atoms with Gasteiger partial charge >= 0.3 is 0 Å². The molecule has 24 heavy (non-hydrogen) atoms. The molecular formula is C19H20N2O3. The van der Waals surface area contributed by atoms with Gasteiger partial charge in [-0.05, 0) is 23.3 Å². The maximum atomic E-state index is 12.7. The molecule has 1 N–H and O–H groups in total. The van der Waals surface area contributed by atoms with Crippen molar-refractivity contribution in [2.75, 3.05) is 20.3 Å². The van der Waals surface area contributed by atoms with Crippen molar-refractivity contribution >= 4 is 11.6 Å². The monoisotopic (exact) mass is 324 g/mol. The van der Waals surface area contributed by atoms with Gasteiger partial charge in [-0.3, -0.25) is 4.79 Å². The molecule has 1 atom stereocenters. The van der Waals surface area contributed by atoms with Crippen LogP contribution in [0.25, 0.3) is 11.1 Å². The van der Waals surface area contributed by atoms with Crippen LogP contribution in [0, 0.1) is 0 Å². The van der Waals surface area contributed by atoms with E-state index in [0.717, 1.165) is 16.8 Å². The zero-order valence-corrected chi connectivity index (χ0v) is 13.6. The van der Waals surface area contributed by atoms with Gasteiger partial charge in [-0.2, -0.15) is 0 Å². The van der Waals surface area contributed by atoms with Crippen LogP contribution >= 0.6 is 0 Å². The number of carbonyl (C=O) groups is 1. The minimum atomic E-state index is -0.250. The number of likely N-dealkylation sites (tertiary alicyclic amines) is 1. The molecule has 0 radical (unpaired) electrons. The second-order valence-electron chi connectivity index (χ2n) is 5.76. The number of benzene rings is 2. The Hall–Kier alpha value is -2.66. The maximum absolute atomic E-state index is 12.7. The smallest absolute Gasteiger partial charge is 0.254 e. The van der Waals surface area contributed by atoms with E-state index in [1.807, 2.05) is 54.6 Å². The largest absolute Gasteiger partial charge is 0.399 e. The predicted molar refractivity (Wildman–Crippen MR) is 92.8 cm³/mol. The van der Waals surface area contributed by atoms with Crippen molar-refractivity contribution in [3.8, 4) is 11.1 Å². The molecule has 1 saturated heterocycles. The van der Waals surface area contributed by atoms with Crippen molar-refractivity contribution in [1.82, 2.24) is 4.90 Å². The predicted octanol–water partition coefficient (Wildman–Crippen LogP) is 2.56. The molecule has 124 valence electrons. The van der Waals surface area contributed by atoms with Crippen molar-refractivity contribution in [3.63, 3.8) is 0 Å². The average molecular weight is 324 g/mol. The van der Waals surface area contributed by atoms with Gasteiger partial charge in [0.25, 0.3) is 5.91 Å². The zero-order valence-electron chi connectivity index (χ0n) is 13.6. The van der Waals surface area contributed by atoms with E-state index in [2.05, 4.69) is 5.16 Å². The summed E-state index contributed by atoms with van der Waals surface area (Å²) >= 11 is 0. The van der Waals surface area contributed by atoms with E-state index in [1.165, 1.54) is 7.11 Å². The third-order valence-corrected chi connectivity index (χ3v) is 4.20. The summed E-state index contributed by atoms with van der Waals surface area (Å²) in [6.07, 6.45) is 0.540. The van der Waals surface area contributed by atoms with Crippen molar-refractivity contribution in [2.24, 2.45) is 5.16 Å². The Bertz CT molecular complexity index is 726. The Morgan fingerprint density at radius 1 is 1.17 bits per heavy atom. The molecule has 0 aliphatic carbocycles. The summed E-state index contributed by atoms with van der Waals surface area (Å²) in [7, 11) is 1.48. The van der Waals surface area contributed by atoms with Crippen LogP contribution in [0.5, 0.6) is 0 Å². The van der Waals surface area contributed by atoms with Gasteiger partial charge < -0.3 is 14.8 Å². The molecule has 3 rings (SSSR count). The molecule has 1 amide bonds. The molecule has 1 aliphatic rings. The van der Waals surface area contributed by atoms with Gasteiger partial charge in [-0.25, -0.2) is 0 Å². The van der Waals surface area contributed by atoms with Crippen LogP contribution in [0.2, 0.25) is 0 Å². The highest BCUT2D eigenvalue weighted by Gasteiger charge is 2.33.